The van der Waals surface area contributed by atoms with Crippen molar-refractivity contribution in [3.8, 4) is 0 Å². The molecule has 0 saturated carbocycles. The molecule has 440 valence electrons. The number of H-pyrrole nitrogens is 1. The second kappa shape index (κ2) is 22.3. The van der Waals surface area contributed by atoms with Crippen LogP contribution in [-0.4, -0.2) is 134 Å². The zero-order chi connectivity index (χ0) is 59.0. The number of ether oxygens (including phenoxy) is 2. The number of hydrogen-bond donors (Lipinski definition) is 8. The zero-order valence-electron chi connectivity index (χ0n) is 47.4. The molecule has 1 saturated heterocycles. The number of amides is 3. The normalized spacial score (nSPS) is 22.1. The first-order valence-electron chi connectivity index (χ1n) is 27.9. The predicted octanol–water partition coefficient (Wildman–Crippen LogP) is 2.76. The molecule has 6 heterocycles. The van der Waals surface area contributed by atoms with E-state index >= 15 is 0 Å². The number of carbonyl (C=O) groups excluding carboxylic acids is 3. The van der Waals surface area contributed by atoms with E-state index in [2.05, 4.69) is 100 Å². The summed E-state index contributed by atoms with van der Waals surface area (Å²) in [6.45, 7) is 16.2. The molecule has 24 nitrogen and oxygen atoms in total. The van der Waals surface area contributed by atoms with Gasteiger partial charge in [0.15, 0.2) is 12.4 Å². The topological polar surface area (TPSA) is 317 Å². The Labute approximate surface area is 473 Å². The first kappa shape index (κ1) is 58.9. The summed E-state index contributed by atoms with van der Waals surface area (Å²) >= 11 is 0. The van der Waals surface area contributed by atoms with E-state index < -0.39 is 58.4 Å². The van der Waals surface area contributed by atoms with Crippen molar-refractivity contribution in [3.63, 3.8) is 0 Å². The smallest absolute Gasteiger partial charge is 0.437 e. The number of hydrogen-bond acceptors (Lipinski definition) is 14. The van der Waals surface area contributed by atoms with Gasteiger partial charge < -0.3 is 55.4 Å². The Morgan fingerprint density at radius 3 is 2.48 bits per heavy atom. The van der Waals surface area contributed by atoms with Crippen LogP contribution in [0.4, 0.5) is 16.4 Å². The minimum atomic E-state index is -5.49. The number of rotatable bonds is 17. The molecule has 82 heavy (non-hydrogen) atoms. The number of nitrogen functional groups attached to an aromatic ring is 1. The van der Waals surface area contributed by atoms with E-state index in [0.29, 0.717) is 17.9 Å². The minimum Gasteiger partial charge on any atom is -0.437 e. The van der Waals surface area contributed by atoms with Crippen molar-refractivity contribution < 1.29 is 66.2 Å². The number of anilines is 2. The average Bonchev–Trinajstić information content (AvgIpc) is 1.47. The van der Waals surface area contributed by atoms with Crippen LogP contribution in [0.2, 0.25) is 0 Å². The maximum atomic E-state index is 14.9. The molecule has 4 aliphatic heterocycles. The van der Waals surface area contributed by atoms with Crippen molar-refractivity contribution >= 4 is 61.9 Å². The fraction of sp³-hybridized carbons (Fsp3) is 0.518. The highest BCUT2D eigenvalue weighted by Gasteiger charge is 2.52. The molecule has 1 aliphatic carbocycles. The number of phosphoric ester groups is 1. The summed E-state index contributed by atoms with van der Waals surface area (Å²) in [5.74, 6) is -0.456. The van der Waals surface area contributed by atoms with Gasteiger partial charge in [0.1, 0.15) is 25.3 Å². The Bertz CT molecular complexity index is 3700. The van der Waals surface area contributed by atoms with Crippen LogP contribution in [-0.2, 0) is 57.5 Å². The summed E-state index contributed by atoms with van der Waals surface area (Å²) in [4.78, 5) is 92.8. The summed E-state index contributed by atoms with van der Waals surface area (Å²) in [6, 6.07) is 15.3. The fourth-order valence-corrected chi connectivity index (χ4v) is 15.1. The van der Waals surface area contributed by atoms with Gasteiger partial charge in [-0.25, -0.2) is 23.1 Å². The lowest BCUT2D eigenvalue weighted by Crippen LogP contribution is -2.50. The number of aromatic amines is 1. The molecule has 0 radical (unpaired) electrons. The molecule has 2 unspecified atom stereocenters. The maximum Gasteiger partial charge on any atom is 0.481 e. The number of nitrogens with two attached hydrogens (primary N) is 1. The lowest BCUT2D eigenvalue weighted by Gasteiger charge is -2.48. The molecule has 0 spiro atoms. The number of benzene rings is 3. The summed E-state index contributed by atoms with van der Waals surface area (Å²) in [6.07, 6.45) is -0.602. The van der Waals surface area contributed by atoms with Crippen molar-refractivity contribution in [1.29, 1.82) is 0 Å². The molecule has 10 rings (SSSR count). The number of fused-ring (bicyclic) bond motifs is 5. The highest BCUT2D eigenvalue weighted by molar-refractivity contribution is 7.60. The predicted molar refractivity (Wildman–Crippen MR) is 302 cm³/mol. The number of nitrogens with zero attached hydrogens (tertiary/aromatic N) is 6. The van der Waals surface area contributed by atoms with Crippen LogP contribution in [0, 0.1) is 0 Å². The van der Waals surface area contributed by atoms with Crippen LogP contribution >= 0.6 is 15.6 Å². The van der Waals surface area contributed by atoms with E-state index in [1.165, 1.54) is 72.2 Å². The number of carbonyl (C=O) groups is 3. The van der Waals surface area contributed by atoms with Crippen LogP contribution in [0.3, 0.4) is 0 Å². The largest absolute Gasteiger partial charge is 0.481 e. The van der Waals surface area contributed by atoms with Crippen molar-refractivity contribution in [2.45, 2.75) is 128 Å². The van der Waals surface area contributed by atoms with Gasteiger partial charge in [-0.2, -0.15) is 4.31 Å². The van der Waals surface area contributed by atoms with E-state index in [-0.39, 0.29) is 65.9 Å². The van der Waals surface area contributed by atoms with E-state index in [9.17, 15) is 38.3 Å². The molecule has 5 aliphatic rings. The number of aliphatic hydroxyl groups is 1. The minimum absolute atomic E-state index is 0.0130. The lowest BCUT2D eigenvalue weighted by molar-refractivity contribution is -0.745. The van der Waals surface area contributed by atoms with Crippen molar-refractivity contribution in [1.82, 2.24) is 34.6 Å². The highest BCUT2D eigenvalue weighted by atomic mass is 31.3. The quantitative estimate of drug-likeness (QED) is 0.0377. The number of aliphatic hydroxyl groups excluding tert-OH is 1. The van der Waals surface area contributed by atoms with Crippen molar-refractivity contribution in [3.05, 3.63) is 114 Å². The molecule has 5 aromatic rings. The molecule has 2 aromatic heterocycles. The molecule has 6 atom stereocenters. The Morgan fingerprint density at radius 2 is 1.74 bits per heavy atom. The molecule has 0 bridgehead atoms. The van der Waals surface area contributed by atoms with E-state index in [1.54, 1.807) is 11.9 Å². The standard InChI is InChI=1S/C56H72N10O14P2/c1-9-66-40-27-39-37(26-36(40)31(2)28-55(66,3)4)43(38-25-32-15-12-23-64-24-13-18-35(45(32)64)44(38)56(39,5)6)33-16-10-11-17-34(33)51(70)62(7)22-14-19-42(67)58-20-21-59-54(71)79-48-47(68)41(29-77-82(75,76)80-81(72,73)74)78-52(48)65-30-63(8)46-49(65)60-53(57)61-50(46)69/h10-11,16-17,25-27,30-31,41,47-48,52,68H,9,12-15,18-24,28-29H2,1-8H3,(H6-2,57,58,59,60,61,67,69,71,72,73,74,75,76)/p+2/t31?,41-,47-,48-,52-/m1/s1. The van der Waals surface area contributed by atoms with Gasteiger partial charge in [0.05, 0.1) is 13.7 Å². The SMILES string of the molecule is CCN1c2cc3c(cc2C(C)CC1(C)C)C(c1ccccc1C(=O)N(C)CCCC(=O)NCCNC(=O)O[C@@H]1[C@H](O)[C@@H](COP(=O)(O)OP(=O)(O)O)O[C@H]1[n+]1cn(C)c2c(=O)[nH]c(N)nc21)=c1cc2c4c(c1C3(C)C)CCC[N+]=4CCC2. The Kier molecular flexibility index (Phi) is 16.0. The second-order valence-electron chi connectivity index (χ2n) is 23.3. The van der Waals surface area contributed by atoms with E-state index in [1.807, 2.05) is 18.2 Å². The number of nitrogens with one attached hydrogen (secondary N) is 3. The van der Waals surface area contributed by atoms with E-state index in [4.69, 9.17) is 29.5 Å². The molecule has 3 aromatic carbocycles. The van der Waals surface area contributed by atoms with Gasteiger partial charge in [0.25, 0.3) is 17.4 Å². The fourth-order valence-electron chi connectivity index (χ4n) is 13.5. The zero-order valence-corrected chi connectivity index (χ0v) is 49.2. The summed E-state index contributed by atoms with van der Waals surface area (Å²) < 4.78 is 48.7. The number of phosphoric acid groups is 2. The van der Waals surface area contributed by atoms with Crippen LogP contribution in [0.15, 0.2) is 53.6 Å². The van der Waals surface area contributed by atoms with Gasteiger partial charge in [0, 0.05) is 85.8 Å². The molecule has 3 amide bonds. The number of aromatic nitrogens is 4. The van der Waals surface area contributed by atoms with Crippen LogP contribution in [0.1, 0.15) is 135 Å². The summed E-state index contributed by atoms with van der Waals surface area (Å²) in [7, 11) is -7.63. The van der Waals surface area contributed by atoms with Crippen molar-refractivity contribution in [2.24, 2.45) is 7.05 Å². The second-order valence-corrected chi connectivity index (χ2v) is 26.1. The first-order valence-corrected chi connectivity index (χ1v) is 30.9. The van der Waals surface area contributed by atoms with Gasteiger partial charge in [-0.15, -0.1) is 0 Å². The molecular weight excluding hydrogens is 1100 g/mol. The molecule has 9 N–H and O–H groups in total. The maximum absolute atomic E-state index is 14.9. The van der Waals surface area contributed by atoms with Gasteiger partial charge in [-0.05, 0) is 115 Å². The van der Waals surface area contributed by atoms with Gasteiger partial charge in [-0.1, -0.05) is 44.0 Å². The Balaban J connectivity index is 0.822. The molecule has 1 fully saturated rings. The molecular formula is C56H74N10O14P2+2. The van der Waals surface area contributed by atoms with E-state index in [0.717, 1.165) is 62.9 Å². The highest BCUT2D eigenvalue weighted by Crippen LogP contribution is 2.58. The number of aryl methyl sites for hydroxylation is 2. The summed E-state index contributed by atoms with van der Waals surface area (Å²) in [5.41, 5.74) is 16.5. The monoisotopic (exact) mass is 1170 g/mol. The van der Waals surface area contributed by atoms with Gasteiger partial charge in [0.2, 0.25) is 23.0 Å². The molecule has 26 heteroatoms. The Hall–Kier alpha value is -6.33. The number of imidazole rings is 1. The average molecular weight is 1170 g/mol. The Morgan fingerprint density at radius 1 is 1.02 bits per heavy atom. The lowest BCUT2D eigenvalue weighted by atomic mass is 9.64. The van der Waals surface area contributed by atoms with Crippen LogP contribution < -0.4 is 46.5 Å². The van der Waals surface area contributed by atoms with Gasteiger partial charge >= 0.3 is 27.4 Å². The van der Waals surface area contributed by atoms with Gasteiger partial charge in [-0.3, -0.25) is 28.5 Å². The third-order valence-corrected chi connectivity index (χ3v) is 19.0. The third kappa shape index (κ3) is 11.2. The summed E-state index contributed by atoms with van der Waals surface area (Å²) in [5, 5.41) is 19.2. The van der Waals surface area contributed by atoms with Crippen LogP contribution in [0.25, 0.3) is 16.7 Å². The third-order valence-electron chi connectivity index (χ3n) is 16.8. The number of alkyl carbamates (subject to hydrolysis) is 1. The first-order chi connectivity index (χ1) is 38.7. The van der Waals surface area contributed by atoms with Crippen LogP contribution in [0.5, 0.6) is 0 Å². The van der Waals surface area contributed by atoms with Crippen molar-refractivity contribution in [2.75, 3.05) is 63.6 Å².